The SMILES string of the molecule is CNS(=O)(=O)CCNC(=O)c1ccncc1C(=O)O. The first kappa shape index (κ1) is 15.1. The van der Waals surface area contributed by atoms with E-state index in [0.717, 1.165) is 6.20 Å². The molecule has 0 unspecified atom stereocenters. The van der Waals surface area contributed by atoms with Gasteiger partial charge in [-0.3, -0.25) is 9.78 Å². The molecule has 0 saturated heterocycles. The molecule has 0 spiro atoms. The fourth-order valence-corrected chi connectivity index (χ4v) is 1.83. The molecule has 1 amide bonds. The van der Waals surface area contributed by atoms with Gasteiger partial charge in [0.1, 0.15) is 0 Å². The van der Waals surface area contributed by atoms with Gasteiger partial charge in [-0.05, 0) is 13.1 Å². The van der Waals surface area contributed by atoms with Crippen LogP contribution in [-0.2, 0) is 10.0 Å². The van der Waals surface area contributed by atoms with E-state index in [1.807, 2.05) is 0 Å². The number of amides is 1. The van der Waals surface area contributed by atoms with Crippen LogP contribution in [0.3, 0.4) is 0 Å². The quantitative estimate of drug-likeness (QED) is 0.620. The number of sulfonamides is 1. The smallest absolute Gasteiger partial charge is 0.338 e. The summed E-state index contributed by atoms with van der Waals surface area (Å²) >= 11 is 0. The lowest BCUT2D eigenvalue weighted by Gasteiger charge is -2.07. The van der Waals surface area contributed by atoms with Gasteiger partial charge in [0.15, 0.2) is 0 Å². The van der Waals surface area contributed by atoms with Crippen LogP contribution in [0.2, 0.25) is 0 Å². The molecule has 0 aromatic carbocycles. The Kier molecular flexibility index (Phi) is 4.95. The van der Waals surface area contributed by atoms with Crippen molar-refractivity contribution in [1.29, 1.82) is 0 Å². The zero-order valence-electron chi connectivity index (χ0n) is 10.1. The van der Waals surface area contributed by atoms with E-state index in [-0.39, 0.29) is 23.4 Å². The highest BCUT2D eigenvalue weighted by Crippen LogP contribution is 2.06. The third-order valence-corrected chi connectivity index (χ3v) is 3.63. The Morgan fingerprint density at radius 2 is 2.05 bits per heavy atom. The van der Waals surface area contributed by atoms with Gasteiger partial charge in [-0.25, -0.2) is 17.9 Å². The number of nitrogens with one attached hydrogen (secondary N) is 2. The van der Waals surface area contributed by atoms with Gasteiger partial charge in [-0.2, -0.15) is 0 Å². The normalized spacial score (nSPS) is 11.0. The molecular weight excluding hydrogens is 274 g/mol. The van der Waals surface area contributed by atoms with Crippen LogP contribution in [0.4, 0.5) is 0 Å². The Balaban J connectivity index is 2.72. The summed E-state index contributed by atoms with van der Waals surface area (Å²) in [6, 6.07) is 1.26. The fourth-order valence-electron chi connectivity index (χ4n) is 1.26. The molecule has 1 heterocycles. The van der Waals surface area contributed by atoms with Crippen molar-refractivity contribution >= 4 is 21.9 Å². The molecule has 0 aliphatic heterocycles. The number of pyridine rings is 1. The average molecular weight is 287 g/mol. The Hall–Kier alpha value is -2.00. The molecule has 1 rings (SSSR count). The van der Waals surface area contributed by atoms with E-state index in [2.05, 4.69) is 15.0 Å². The van der Waals surface area contributed by atoms with Gasteiger partial charge in [0.2, 0.25) is 10.0 Å². The molecule has 1 aromatic rings. The maximum atomic E-state index is 11.7. The van der Waals surface area contributed by atoms with Crippen molar-refractivity contribution in [3.05, 3.63) is 29.6 Å². The van der Waals surface area contributed by atoms with E-state index in [0.29, 0.717) is 0 Å². The Morgan fingerprint density at radius 3 is 2.63 bits per heavy atom. The molecule has 8 nitrogen and oxygen atoms in total. The molecule has 0 bridgehead atoms. The molecule has 19 heavy (non-hydrogen) atoms. The summed E-state index contributed by atoms with van der Waals surface area (Å²) in [6.07, 6.45) is 2.34. The second-order valence-corrected chi connectivity index (χ2v) is 5.55. The van der Waals surface area contributed by atoms with Crippen LogP contribution in [0, 0.1) is 0 Å². The Morgan fingerprint density at radius 1 is 1.37 bits per heavy atom. The first-order valence-corrected chi connectivity index (χ1v) is 6.89. The van der Waals surface area contributed by atoms with Crippen LogP contribution in [-0.4, -0.2) is 49.7 Å². The molecule has 0 aliphatic rings. The molecule has 1 aromatic heterocycles. The number of carboxylic acid groups (broad SMARTS) is 1. The molecule has 0 saturated carbocycles. The summed E-state index contributed by atoms with van der Waals surface area (Å²) in [5.74, 6) is -2.23. The lowest BCUT2D eigenvalue weighted by Crippen LogP contribution is -2.33. The maximum absolute atomic E-state index is 11.7. The minimum atomic E-state index is -3.42. The highest BCUT2D eigenvalue weighted by molar-refractivity contribution is 7.89. The van der Waals surface area contributed by atoms with Crippen molar-refractivity contribution in [2.45, 2.75) is 0 Å². The summed E-state index contributed by atoms with van der Waals surface area (Å²) in [4.78, 5) is 26.2. The summed E-state index contributed by atoms with van der Waals surface area (Å²) in [5, 5.41) is 11.2. The van der Waals surface area contributed by atoms with Crippen LogP contribution in [0.15, 0.2) is 18.5 Å². The van der Waals surface area contributed by atoms with Crippen molar-refractivity contribution in [2.75, 3.05) is 19.3 Å². The van der Waals surface area contributed by atoms with E-state index in [9.17, 15) is 18.0 Å². The Labute approximate surface area is 109 Å². The fraction of sp³-hybridized carbons (Fsp3) is 0.300. The lowest BCUT2D eigenvalue weighted by atomic mass is 10.1. The number of hydrogen-bond acceptors (Lipinski definition) is 5. The van der Waals surface area contributed by atoms with Gasteiger partial charge in [-0.1, -0.05) is 0 Å². The van der Waals surface area contributed by atoms with Gasteiger partial charge in [-0.15, -0.1) is 0 Å². The predicted octanol–water partition coefficient (Wildman–Crippen LogP) is -0.941. The van der Waals surface area contributed by atoms with Crippen LogP contribution in [0.25, 0.3) is 0 Å². The molecule has 0 aliphatic carbocycles. The van der Waals surface area contributed by atoms with E-state index in [1.54, 1.807) is 0 Å². The van der Waals surface area contributed by atoms with Crippen molar-refractivity contribution in [3.63, 3.8) is 0 Å². The highest BCUT2D eigenvalue weighted by atomic mass is 32.2. The molecule has 0 atom stereocenters. The van der Waals surface area contributed by atoms with Gasteiger partial charge < -0.3 is 10.4 Å². The summed E-state index contributed by atoms with van der Waals surface area (Å²) in [5.41, 5.74) is -0.305. The zero-order chi connectivity index (χ0) is 14.5. The van der Waals surface area contributed by atoms with Gasteiger partial charge in [0.25, 0.3) is 5.91 Å². The predicted molar refractivity (Wildman–Crippen MR) is 66.4 cm³/mol. The molecule has 0 fully saturated rings. The molecule has 104 valence electrons. The standard InChI is InChI=1S/C10H13N3O5S/c1-11-19(17,18)5-4-13-9(14)7-2-3-12-6-8(7)10(15)16/h2-3,6,11H,4-5H2,1H3,(H,13,14)(H,15,16). The molecule has 3 N–H and O–H groups in total. The maximum Gasteiger partial charge on any atom is 0.338 e. The zero-order valence-corrected chi connectivity index (χ0v) is 10.9. The second-order valence-electron chi connectivity index (χ2n) is 3.51. The number of aromatic nitrogens is 1. The minimum Gasteiger partial charge on any atom is -0.478 e. The highest BCUT2D eigenvalue weighted by Gasteiger charge is 2.16. The average Bonchev–Trinajstić information content (AvgIpc) is 2.38. The van der Waals surface area contributed by atoms with E-state index in [1.165, 1.54) is 19.3 Å². The van der Waals surface area contributed by atoms with Gasteiger partial charge in [0.05, 0.1) is 16.9 Å². The third-order valence-electron chi connectivity index (χ3n) is 2.26. The van der Waals surface area contributed by atoms with Crippen LogP contribution < -0.4 is 10.0 Å². The van der Waals surface area contributed by atoms with Crippen molar-refractivity contribution in [3.8, 4) is 0 Å². The summed E-state index contributed by atoms with van der Waals surface area (Å²) in [6.45, 7) is -0.122. The van der Waals surface area contributed by atoms with E-state index in [4.69, 9.17) is 5.11 Å². The monoisotopic (exact) mass is 287 g/mol. The topological polar surface area (TPSA) is 125 Å². The van der Waals surface area contributed by atoms with Crippen LogP contribution in [0.1, 0.15) is 20.7 Å². The van der Waals surface area contributed by atoms with Crippen molar-refractivity contribution < 1.29 is 23.1 Å². The third kappa shape index (κ3) is 4.30. The van der Waals surface area contributed by atoms with Gasteiger partial charge in [0, 0.05) is 18.9 Å². The first-order valence-electron chi connectivity index (χ1n) is 5.24. The van der Waals surface area contributed by atoms with Crippen molar-refractivity contribution in [1.82, 2.24) is 15.0 Å². The van der Waals surface area contributed by atoms with E-state index < -0.39 is 21.9 Å². The largest absolute Gasteiger partial charge is 0.478 e. The second kappa shape index (κ2) is 6.25. The molecule has 9 heteroatoms. The molecule has 0 radical (unpaired) electrons. The van der Waals surface area contributed by atoms with Crippen LogP contribution in [0.5, 0.6) is 0 Å². The first-order chi connectivity index (χ1) is 8.87. The number of carbonyl (C=O) groups excluding carboxylic acids is 1. The van der Waals surface area contributed by atoms with Gasteiger partial charge >= 0.3 is 5.97 Å². The lowest BCUT2D eigenvalue weighted by molar-refractivity contribution is 0.0690. The Bertz CT molecular complexity index is 585. The summed E-state index contributed by atoms with van der Waals surface area (Å²) < 4.78 is 24.4. The van der Waals surface area contributed by atoms with Crippen molar-refractivity contribution in [2.24, 2.45) is 0 Å². The number of nitrogens with zero attached hydrogens (tertiary/aromatic N) is 1. The van der Waals surface area contributed by atoms with E-state index >= 15 is 0 Å². The minimum absolute atomic E-state index is 0.0654. The van der Waals surface area contributed by atoms with Crippen LogP contribution >= 0.6 is 0 Å². The number of hydrogen-bond donors (Lipinski definition) is 3. The number of rotatable bonds is 6. The molecular formula is C10H13N3O5S. The number of aromatic carboxylic acids is 1. The number of carboxylic acids is 1. The summed E-state index contributed by atoms with van der Waals surface area (Å²) in [7, 11) is -2.15. The number of carbonyl (C=O) groups is 2.